The molecule has 0 radical (unpaired) electrons. The first kappa shape index (κ1) is 32.3. The van der Waals surface area contributed by atoms with Gasteiger partial charge in [-0.1, -0.05) is 18.9 Å². The molecular formula is C36H45N5O4S. The zero-order valence-corrected chi connectivity index (χ0v) is 28.4. The fourth-order valence-electron chi connectivity index (χ4n) is 6.58. The van der Waals surface area contributed by atoms with Gasteiger partial charge in [-0.2, -0.15) is 0 Å². The van der Waals surface area contributed by atoms with Crippen LogP contribution in [-0.2, 0) is 11.2 Å². The standard InChI is InChI=1S/C32H35N5O3S.C4H10O/c1-19-14-26-30-29(23(19)16-28(38)39)21-7-8-27-24(15-21)20(10-13-40-27)6-4-3-5-12-36(2)22-17-37(18-22)32-33-11-9-25(35-32)31(34-26)41-30;1-4(2,3)5/h7-9,11,14-15,20,22H,3-6,10,12-13,16-18H2,1-2H3,(H,38,39);5H,1-3H3. The Bertz CT molecular complexity index is 1720. The molecule has 8 bridgehead atoms. The molecule has 244 valence electrons. The average Bonchev–Trinajstić information content (AvgIpc) is 3.38. The number of carbonyl (C=O) groups is 1. The number of aromatic nitrogens is 3. The number of benzene rings is 2. The van der Waals surface area contributed by atoms with Crippen LogP contribution >= 0.6 is 11.3 Å². The highest BCUT2D eigenvalue weighted by Crippen LogP contribution is 2.44. The van der Waals surface area contributed by atoms with E-state index >= 15 is 0 Å². The van der Waals surface area contributed by atoms with E-state index in [4.69, 9.17) is 19.8 Å². The van der Waals surface area contributed by atoms with Crippen molar-refractivity contribution in [2.45, 2.75) is 83.8 Å². The molecule has 1 atom stereocenters. The number of aliphatic carboxylic acids is 1. The van der Waals surface area contributed by atoms with Crippen LogP contribution in [0, 0.1) is 6.92 Å². The summed E-state index contributed by atoms with van der Waals surface area (Å²) in [5, 5.41) is 19.2. The highest BCUT2D eigenvalue weighted by Gasteiger charge is 2.32. The van der Waals surface area contributed by atoms with Crippen LogP contribution in [0.3, 0.4) is 0 Å². The van der Waals surface area contributed by atoms with Gasteiger partial charge in [0, 0.05) is 30.9 Å². The van der Waals surface area contributed by atoms with Crippen molar-refractivity contribution >= 4 is 33.5 Å². The van der Waals surface area contributed by atoms with Gasteiger partial charge < -0.3 is 19.8 Å². The Morgan fingerprint density at radius 1 is 1.09 bits per heavy atom. The first-order valence-corrected chi connectivity index (χ1v) is 17.2. The van der Waals surface area contributed by atoms with Crippen molar-refractivity contribution in [2.75, 3.05) is 38.2 Å². The van der Waals surface area contributed by atoms with Crippen molar-refractivity contribution in [1.29, 1.82) is 0 Å². The third-order valence-corrected chi connectivity index (χ3v) is 10.1. The lowest BCUT2D eigenvalue weighted by Crippen LogP contribution is -2.59. The van der Waals surface area contributed by atoms with Gasteiger partial charge >= 0.3 is 5.97 Å². The summed E-state index contributed by atoms with van der Waals surface area (Å²) in [6.07, 6.45) is 7.53. The Kier molecular flexibility index (Phi) is 9.32. The highest BCUT2D eigenvalue weighted by molar-refractivity contribution is 7.22. The molecule has 0 amide bonds. The van der Waals surface area contributed by atoms with Crippen molar-refractivity contribution in [2.24, 2.45) is 0 Å². The molecule has 1 unspecified atom stereocenters. The minimum atomic E-state index is -0.835. The molecule has 4 aliphatic rings. The lowest BCUT2D eigenvalue weighted by Gasteiger charge is -2.44. The molecule has 8 rings (SSSR count). The van der Waals surface area contributed by atoms with Gasteiger partial charge in [0.2, 0.25) is 5.95 Å². The van der Waals surface area contributed by atoms with E-state index in [9.17, 15) is 9.90 Å². The number of aliphatic hydroxyl groups is 1. The summed E-state index contributed by atoms with van der Waals surface area (Å²) in [7, 11) is 2.24. The number of thiazole rings is 1. The third kappa shape index (κ3) is 7.19. The highest BCUT2D eigenvalue weighted by atomic mass is 32.1. The van der Waals surface area contributed by atoms with Gasteiger partial charge in [0.15, 0.2) is 0 Å². The second-order valence-electron chi connectivity index (χ2n) is 13.9. The second kappa shape index (κ2) is 13.3. The number of nitrogens with zero attached hydrogens (tertiary/aromatic N) is 5. The van der Waals surface area contributed by atoms with Crippen LogP contribution in [0.2, 0.25) is 0 Å². The molecule has 2 N–H and O–H groups in total. The fraction of sp³-hybridized carbons (Fsp3) is 0.500. The molecule has 9 nitrogen and oxygen atoms in total. The molecule has 6 heterocycles. The Morgan fingerprint density at radius 3 is 2.63 bits per heavy atom. The molecular weight excluding hydrogens is 598 g/mol. The van der Waals surface area contributed by atoms with Crippen LogP contribution in [0.1, 0.15) is 75.5 Å². The predicted octanol–water partition coefficient (Wildman–Crippen LogP) is 6.69. The van der Waals surface area contributed by atoms with Crippen LogP contribution in [0.15, 0.2) is 36.5 Å². The zero-order valence-electron chi connectivity index (χ0n) is 27.5. The summed E-state index contributed by atoms with van der Waals surface area (Å²) < 4.78 is 7.09. The summed E-state index contributed by atoms with van der Waals surface area (Å²) >= 11 is 1.58. The Hall–Kier alpha value is -3.60. The number of carboxylic acids is 1. The van der Waals surface area contributed by atoms with Crippen molar-refractivity contribution in [3.8, 4) is 27.6 Å². The van der Waals surface area contributed by atoms with Crippen molar-refractivity contribution in [3.05, 3.63) is 53.2 Å². The molecule has 0 spiro atoms. The third-order valence-electron chi connectivity index (χ3n) is 9.00. The van der Waals surface area contributed by atoms with Crippen molar-refractivity contribution in [3.63, 3.8) is 0 Å². The number of ether oxygens (including phenoxy) is 1. The number of carboxylic acid groups (broad SMARTS) is 1. The zero-order chi connectivity index (χ0) is 32.6. The topological polar surface area (TPSA) is 112 Å². The first-order valence-electron chi connectivity index (χ1n) is 16.4. The first-order chi connectivity index (χ1) is 21.9. The van der Waals surface area contributed by atoms with Gasteiger partial charge in [-0.15, -0.1) is 11.3 Å². The fourth-order valence-corrected chi connectivity index (χ4v) is 7.69. The van der Waals surface area contributed by atoms with Gasteiger partial charge in [-0.05, 0) is 113 Å². The minimum absolute atomic E-state index is 0.0381. The van der Waals surface area contributed by atoms with E-state index in [0.717, 1.165) is 94.0 Å². The van der Waals surface area contributed by atoms with Crippen molar-refractivity contribution in [1.82, 2.24) is 19.9 Å². The van der Waals surface area contributed by atoms with Crippen LogP contribution in [0.4, 0.5) is 5.95 Å². The lowest BCUT2D eigenvalue weighted by atomic mass is 9.85. The monoisotopic (exact) mass is 643 g/mol. The smallest absolute Gasteiger partial charge is 0.307 e. The van der Waals surface area contributed by atoms with Crippen LogP contribution in [0.25, 0.3) is 32.0 Å². The van der Waals surface area contributed by atoms with Crippen LogP contribution in [-0.4, -0.2) is 81.0 Å². The van der Waals surface area contributed by atoms with Gasteiger partial charge in [0.1, 0.15) is 16.5 Å². The molecule has 1 saturated heterocycles. The number of anilines is 1. The number of hydrogen-bond donors (Lipinski definition) is 2. The number of hydrogen-bond acceptors (Lipinski definition) is 9. The van der Waals surface area contributed by atoms with Crippen LogP contribution in [0.5, 0.6) is 5.75 Å². The SMILES string of the molecule is CC(C)(C)O.Cc1cc2nc3sc2c(c1CC(=O)O)-c1ccc2c(c1)C(CCCCCN(C)C1CN(C1)c1nccc-3n1)CCO2. The number of aryl methyl sites for hydroxylation is 1. The largest absolute Gasteiger partial charge is 0.493 e. The van der Waals surface area contributed by atoms with E-state index in [2.05, 4.69) is 40.0 Å². The average molecular weight is 644 g/mol. The van der Waals surface area contributed by atoms with Crippen molar-refractivity contribution < 1.29 is 19.7 Å². The molecule has 4 aliphatic heterocycles. The maximum absolute atomic E-state index is 12.0. The van der Waals surface area contributed by atoms with Crippen LogP contribution < -0.4 is 9.64 Å². The van der Waals surface area contributed by atoms with E-state index < -0.39 is 11.6 Å². The van der Waals surface area contributed by atoms with E-state index in [-0.39, 0.29) is 6.42 Å². The van der Waals surface area contributed by atoms with Gasteiger partial charge in [-0.25, -0.2) is 15.0 Å². The van der Waals surface area contributed by atoms with E-state index in [1.54, 1.807) is 32.1 Å². The number of fused-ring (bicyclic) bond motifs is 5. The summed E-state index contributed by atoms with van der Waals surface area (Å²) in [4.78, 5) is 31.3. The molecule has 1 fully saturated rings. The maximum Gasteiger partial charge on any atom is 0.307 e. The molecule has 10 heteroatoms. The lowest BCUT2D eigenvalue weighted by molar-refractivity contribution is -0.136. The van der Waals surface area contributed by atoms with E-state index in [0.29, 0.717) is 12.0 Å². The maximum atomic E-state index is 12.0. The second-order valence-corrected chi connectivity index (χ2v) is 14.9. The molecule has 46 heavy (non-hydrogen) atoms. The Balaban J connectivity index is 0.000000692. The number of rotatable bonds is 2. The molecule has 0 saturated carbocycles. The summed E-state index contributed by atoms with van der Waals surface area (Å²) in [5.74, 6) is 1.31. The van der Waals surface area contributed by atoms with Gasteiger partial charge in [-0.3, -0.25) is 9.69 Å². The summed E-state index contributed by atoms with van der Waals surface area (Å²) in [6, 6.07) is 10.9. The van der Waals surface area contributed by atoms with E-state index in [1.165, 1.54) is 24.8 Å². The normalized spacial score (nSPS) is 19.9. The van der Waals surface area contributed by atoms with Gasteiger partial charge in [0.25, 0.3) is 0 Å². The summed E-state index contributed by atoms with van der Waals surface area (Å²) in [5.41, 5.74) is 6.19. The Morgan fingerprint density at radius 2 is 1.87 bits per heavy atom. The molecule has 0 aliphatic carbocycles. The van der Waals surface area contributed by atoms with E-state index in [1.807, 2.05) is 25.3 Å². The molecule has 4 aromatic rings. The molecule has 2 aromatic carbocycles. The predicted molar refractivity (Wildman–Crippen MR) is 184 cm³/mol. The minimum Gasteiger partial charge on any atom is -0.493 e. The van der Waals surface area contributed by atoms with Gasteiger partial charge in [0.05, 0.1) is 28.8 Å². The quantitative estimate of drug-likeness (QED) is 0.247. The Labute approximate surface area is 275 Å². The summed E-state index contributed by atoms with van der Waals surface area (Å²) in [6.45, 7) is 10.9. The molecule has 2 aromatic heterocycles. The number of likely N-dealkylation sites (N-methyl/N-ethyl adjacent to an activating group) is 1.